The molecule has 0 amide bonds. The highest BCUT2D eigenvalue weighted by atomic mass is 15.1. The maximum Gasteiger partial charge on any atom is 0.0562 e. The van der Waals surface area contributed by atoms with E-state index < -0.39 is 0 Å². The molecule has 0 fully saturated rings. The van der Waals surface area contributed by atoms with Crippen LogP contribution in [0.1, 0.15) is 0 Å². The second-order valence-corrected chi connectivity index (χ2v) is 15.3. The number of hydrogen-bond donors (Lipinski definition) is 0. The van der Waals surface area contributed by atoms with Crippen molar-refractivity contribution < 1.29 is 0 Å². The van der Waals surface area contributed by atoms with Crippen LogP contribution in [0, 0.1) is 0 Å². The van der Waals surface area contributed by atoms with Gasteiger partial charge < -0.3 is 9.47 Å². The van der Waals surface area contributed by atoms with E-state index in [4.69, 9.17) is 0 Å². The number of hydrogen-bond acceptors (Lipinski definition) is 1. The van der Waals surface area contributed by atoms with Crippen molar-refractivity contribution >= 4 is 49.6 Å². The van der Waals surface area contributed by atoms with Crippen molar-refractivity contribution in [1.29, 1.82) is 0 Å². The fourth-order valence-electron chi connectivity index (χ4n) is 8.97. The van der Waals surface area contributed by atoms with Gasteiger partial charge in [0.2, 0.25) is 0 Å². The smallest absolute Gasteiger partial charge is 0.0562 e. The number of aromatic nitrogens is 1. The summed E-state index contributed by atoms with van der Waals surface area (Å²) in [6.07, 6.45) is 0. The predicted octanol–water partition coefficient (Wildman–Crippen LogP) is 16.1. The van der Waals surface area contributed by atoms with E-state index in [1.807, 2.05) is 0 Å². The van der Waals surface area contributed by atoms with E-state index in [0.29, 0.717) is 0 Å². The summed E-state index contributed by atoms with van der Waals surface area (Å²) in [7, 11) is 0. The standard InChI is InChI=1S/C58H40N2/c1-4-17-41(18-5-1)42-31-34-47(35-32-42)59(57-39-46(33-37-52(57)45-21-8-3-9-22-45)50-28-16-24-43-23-10-11-25-49(43)50)48-36-38-54-53-27-13-15-30-56(53)60(58(54)40-48)55-29-14-12-26-51(55)44-19-6-2-7-20-44/h1-40H. The molecule has 0 spiro atoms. The Morgan fingerprint density at radius 2 is 0.817 bits per heavy atom. The SMILES string of the molecule is c1ccc(-c2ccc(N(c3ccc4c5ccccc5n(-c5ccccc5-c5ccccc5)c4c3)c3cc(-c4cccc5ccccc45)ccc3-c3ccccc3)cc2)cc1. The van der Waals surface area contributed by atoms with E-state index in [1.165, 1.54) is 60.4 Å². The molecule has 0 saturated heterocycles. The second-order valence-electron chi connectivity index (χ2n) is 15.3. The van der Waals surface area contributed by atoms with Crippen molar-refractivity contribution in [2.24, 2.45) is 0 Å². The van der Waals surface area contributed by atoms with Crippen molar-refractivity contribution in [3.63, 3.8) is 0 Å². The highest BCUT2D eigenvalue weighted by Gasteiger charge is 2.22. The maximum absolute atomic E-state index is 2.46. The van der Waals surface area contributed by atoms with Crippen LogP contribution in [0.25, 0.3) is 82.8 Å². The van der Waals surface area contributed by atoms with E-state index in [9.17, 15) is 0 Å². The Hall–Kier alpha value is -7.94. The highest BCUT2D eigenvalue weighted by molar-refractivity contribution is 6.11. The lowest BCUT2D eigenvalue weighted by molar-refractivity contribution is 1.18. The Morgan fingerprint density at radius 3 is 1.58 bits per heavy atom. The third kappa shape index (κ3) is 6.23. The molecule has 10 aromatic carbocycles. The van der Waals surface area contributed by atoms with Gasteiger partial charge in [-0.1, -0.05) is 200 Å². The van der Waals surface area contributed by atoms with Crippen LogP contribution in [-0.2, 0) is 0 Å². The Balaban J connectivity index is 1.19. The average Bonchev–Trinajstić information content (AvgIpc) is 3.66. The van der Waals surface area contributed by atoms with Crippen molar-refractivity contribution in [1.82, 2.24) is 4.57 Å². The Kier molecular flexibility index (Phi) is 8.87. The van der Waals surface area contributed by atoms with E-state index in [-0.39, 0.29) is 0 Å². The largest absolute Gasteiger partial charge is 0.310 e. The number of benzene rings is 10. The Bertz CT molecular complexity index is 3290. The normalized spacial score (nSPS) is 11.3. The molecule has 0 bridgehead atoms. The van der Waals surface area contributed by atoms with Gasteiger partial charge in [0.25, 0.3) is 0 Å². The molecule has 0 aliphatic carbocycles. The van der Waals surface area contributed by atoms with Gasteiger partial charge in [0.1, 0.15) is 0 Å². The van der Waals surface area contributed by atoms with Crippen LogP contribution in [0.15, 0.2) is 243 Å². The van der Waals surface area contributed by atoms with E-state index in [0.717, 1.165) is 39.4 Å². The molecule has 1 heterocycles. The first-order valence-electron chi connectivity index (χ1n) is 20.6. The van der Waals surface area contributed by atoms with Crippen molar-refractivity contribution in [2.45, 2.75) is 0 Å². The van der Waals surface area contributed by atoms with E-state index >= 15 is 0 Å². The minimum Gasteiger partial charge on any atom is -0.310 e. The Morgan fingerprint density at radius 1 is 0.283 bits per heavy atom. The third-order valence-electron chi connectivity index (χ3n) is 11.8. The molecule has 11 rings (SSSR count). The molecule has 0 N–H and O–H groups in total. The first kappa shape index (κ1) is 35.2. The number of rotatable bonds is 8. The minimum atomic E-state index is 1.07. The van der Waals surface area contributed by atoms with Crippen LogP contribution in [0.3, 0.4) is 0 Å². The van der Waals surface area contributed by atoms with Crippen molar-refractivity contribution in [3.05, 3.63) is 243 Å². The predicted molar refractivity (Wildman–Crippen MR) is 255 cm³/mol. The number of anilines is 3. The summed E-state index contributed by atoms with van der Waals surface area (Å²) in [5, 5.41) is 4.90. The summed E-state index contributed by atoms with van der Waals surface area (Å²) in [6, 6.07) is 88.0. The van der Waals surface area contributed by atoms with Crippen LogP contribution in [0.4, 0.5) is 17.1 Å². The summed E-state index contributed by atoms with van der Waals surface area (Å²) in [5.74, 6) is 0. The Labute approximate surface area is 350 Å². The first-order valence-corrected chi connectivity index (χ1v) is 20.6. The quantitative estimate of drug-likeness (QED) is 0.150. The van der Waals surface area contributed by atoms with E-state index in [2.05, 4.69) is 252 Å². The van der Waals surface area contributed by atoms with Gasteiger partial charge in [0, 0.05) is 33.3 Å². The summed E-state index contributed by atoms with van der Waals surface area (Å²) in [5.41, 5.74) is 16.2. The molecular weight excluding hydrogens is 725 g/mol. The molecular formula is C58H40N2. The number of nitrogens with zero attached hydrogens (tertiary/aromatic N) is 2. The summed E-state index contributed by atoms with van der Waals surface area (Å²) >= 11 is 0. The summed E-state index contributed by atoms with van der Waals surface area (Å²) in [6.45, 7) is 0. The van der Waals surface area contributed by atoms with Gasteiger partial charge in [-0.05, 0) is 86.6 Å². The zero-order valence-corrected chi connectivity index (χ0v) is 33.0. The van der Waals surface area contributed by atoms with Gasteiger partial charge in [-0.25, -0.2) is 0 Å². The van der Waals surface area contributed by atoms with Gasteiger partial charge in [-0.3, -0.25) is 0 Å². The molecule has 0 unspecified atom stereocenters. The van der Waals surface area contributed by atoms with E-state index in [1.54, 1.807) is 0 Å². The van der Waals surface area contributed by atoms with Crippen LogP contribution >= 0.6 is 0 Å². The molecule has 0 aliphatic rings. The van der Waals surface area contributed by atoms with Gasteiger partial charge >= 0.3 is 0 Å². The fraction of sp³-hybridized carbons (Fsp3) is 0. The molecule has 0 saturated carbocycles. The third-order valence-corrected chi connectivity index (χ3v) is 11.8. The molecule has 11 aromatic rings. The van der Waals surface area contributed by atoms with Gasteiger partial charge in [0.05, 0.1) is 22.4 Å². The molecule has 2 heteroatoms. The van der Waals surface area contributed by atoms with Gasteiger partial charge in [0.15, 0.2) is 0 Å². The molecule has 2 nitrogen and oxygen atoms in total. The number of para-hydroxylation sites is 2. The van der Waals surface area contributed by atoms with Crippen LogP contribution < -0.4 is 4.90 Å². The summed E-state index contributed by atoms with van der Waals surface area (Å²) < 4.78 is 2.46. The molecule has 0 aliphatic heterocycles. The average molecular weight is 765 g/mol. The van der Waals surface area contributed by atoms with Gasteiger partial charge in [-0.15, -0.1) is 0 Å². The minimum absolute atomic E-state index is 1.07. The van der Waals surface area contributed by atoms with Crippen LogP contribution in [0.5, 0.6) is 0 Å². The lowest BCUT2D eigenvalue weighted by Crippen LogP contribution is -2.12. The molecule has 0 atom stereocenters. The van der Waals surface area contributed by atoms with Crippen molar-refractivity contribution in [2.75, 3.05) is 4.90 Å². The molecule has 60 heavy (non-hydrogen) atoms. The molecule has 282 valence electrons. The molecule has 1 aromatic heterocycles. The zero-order chi connectivity index (χ0) is 39.8. The summed E-state index contributed by atoms with van der Waals surface area (Å²) in [4.78, 5) is 2.45. The second kappa shape index (κ2) is 15.1. The lowest BCUT2D eigenvalue weighted by atomic mass is 9.94. The van der Waals surface area contributed by atoms with Crippen LogP contribution in [0.2, 0.25) is 0 Å². The monoisotopic (exact) mass is 764 g/mol. The topological polar surface area (TPSA) is 8.17 Å². The van der Waals surface area contributed by atoms with Crippen LogP contribution in [-0.4, -0.2) is 4.57 Å². The fourth-order valence-corrected chi connectivity index (χ4v) is 8.97. The van der Waals surface area contributed by atoms with Gasteiger partial charge in [-0.2, -0.15) is 0 Å². The lowest BCUT2D eigenvalue weighted by Gasteiger charge is -2.29. The molecule has 0 radical (unpaired) electrons. The maximum atomic E-state index is 2.46. The highest BCUT2D eigenvalue weighted by Crippen LogP contribution is 2.46. The number of fused-ring (bicyclic) bond motifs is 4. The zero-order valence-electron chi connectivity index (χ0n) is 33.0. The van der Waals surface area contributed by atoms with Crippen molar-refractivity contribution in [3.8, 4) is 50.2 Å². The first-order chi connectivity index (χ1) is 29.8.